The molecule has 1 saturated heterocycles. The van der Waals surface area contributed by atoms with Crippen LogP contribution in [0.4, 0.5) is 0 Å². The quantitative estimate of drug-likeness (QED) is 0.745. The van der Waals surface area contributed by atoms with Crippen molar-refractivity contribution in [2.45, 2.75) is 44.2 Å². The molecule has 5 rings (SSSR count). The Kier molecular flexibility index (Phi) is 5.77. The third-order valence-electron chi connectivity index (χ3n) is 6.48. The largest absolute Gasteiger partial charge is 0.368 e. The molecule has 2 aromatic rings. The molecule has 3 atom stereocenters. The van der Waals surface area contributed by atoms with Crippen molar-refractivity contribution in [3.8, 4) is 0 Å². The number of likely N-dealkylation sites (tertiary alicyclic amines) is 1. The highest BCUT2D eigenvalue weighted by atomic mass is 32.1. The molecular weight excluding hydrogens is 428 g/mol. The first-order valence-electron chi connectivity index (χ1n) is 10.8. The molecule has 31 heavy (non-hydrogen) atoms. The second-order valence-corrected chi connectivity index (χ2v) is 10.4. The number of carbonyl (C=O) groups excluding carboxylic acids is 2. The zero-order chi connectivity index (χ0) is 21.4. The van der Waals surface area contributed by atoms with Crippen LogP contribution in [-0.4, -0.2) is 46.6 Å². The molecule has 3 unspecified atom stereocenters. The summed E-state index contributed by atoms with van der Waals surface area (Å²) < 4.78 is 0. The smallest absolute Gasteiger partial charge is 0.257 e. The third-order valence-corrected chi connectivity index (χ3v) is 8.24. The van der Waals surface area contributed by atoms with Gasteiger partial charge in [0.2, 0.25) is 5.91 Å². The number of amides is 2. The molecule has 3 aliphatic rings. The Labute approximate surface area is 190 Å². The van der Waals surface area contributed by atoms with E-state index in [9.17, 15) is 9.59 Å². The first-order valence-corrected chi connectivity index (χ1v) is 12.6. The van der Waals surface area contributed by atoms with Crippen molar-refractivity contribution in [1.29, 1.82) is 0 Å². The number of rotatable bonds is 5. The van der Waals surface area contributed by atoms with Crippen LogP contribution in [0.3, 0.4) is 0 Å². The fourth-order valence-corrected chi connectivity index (χ4v) is 6.63. The molecule has 1 saturated carbocycles. The van der Waals surface area contributed by atoms with Gasteiger partial charge >= 0.3 is 0 Å². The Bertz CT molecular complexity index is 1010. The Hall–Kier alpha value is -2.29. The van der Waals surface area contributed by atoms with E-state index in [0.717, 1.165) is 44.4 Å². The molecule has 2 aromatic heterocycles. The maximum Gasteiger partial charge on any atom is 0.257 e. The van der Waals surface area contributed by atoms with Gasteiger partial charge in [0.25, 0.3) is 5.91 Å². The Balaban J connectivity index is 1.46. The molecule has 2 fully saturated rings. The van der Waals surface area contributed by atoms with E-state index in [1.54, 1.807) is 27.7 Å². The molecule has 1 aliphatic carbocycles. The van der Waals surface area contributed by atoms with Gasteiger partial charge in [-0.25, -0.2) is 5.01 Å². The van der Waals surface area contributed by atoms with Crippen molar-refractivity contribution in [3.63, 3.8) is 0 Å². The van der Waals surface area contributed by atoms with E-state index in [-0.39, 0.29) is 36.4 Å². The van der Waals surface area contributed by atoms with Gasteiger partial charge in [0.15, 0.2) is 0 Å². The average molecular weight is 455 g/mol. The van der Waals surface area contributed by atoms with E-state index in [2.05, 4.69) is 35.0 Å². The molecule has 162 valence electrons. The topological polar surface area (TPSA) is 79.0 Å². The number of thiophene rings is 2. The van der Waals surface area contributed by atoms with E-state index in [1.165, 1.54) is 15.3 Å². The molecule has 2 N–H and O–H groups in total. The van der Waals surface area contributed by atoms with E-state index in [4.69, 9.17) is 10.8 Å². The number of nitrogens with zero attached hydrogens (tertiary/aromatic N) is 3. The van der Waals surface area contributed by atoms with Crippen molar-refractivity contribution in [2.24, 2.45) is 16.8 Å². The summed E-state index contributed by atoms with van der Waals surface area (Å²) in [5.41, 5.74) is 7.86. The molecule has 8 heteroatoms. The minimum Gasteiger partial charge on any atom is -0.368 e. The van der Waals surface area contributed by atoms with Gasteiger partial charge in [0.1, 0.15) is 0 Å². The molecule has 2 aliphatic heterocycles. The minimum atomic E-state index is -0.351. The van der Waals surface area contributed by atoms with Gasteiger partial charge in [-0.05, 0) is 73.2 Å². The van der Waals surface area contributed by atoms with Gasteiger partial charge in [-0.15, -0.1) is 22.7 Å². The number of nitrogens with two attached hydrogens (primary N) is 1. The van der Waals surface area contributed by atoms with Gasteiger partial charge in [-0.1, -0.05) is 12.1 Å². The monoisotopic (exact) mass is 454 g/mol. The van der Waals surface area contributed by atoms with Gasteiger partial charge in [0, 0.05) is 15.7 Å². The van der Waals surface area contributed by atoms with E-state index >= 15 is 0 Å². The third kappa shape index (κ3) is 4.00. The van der Waals surface area contributed by atoms with Crippen LogP contribution >= 0.6 is 22.7 Å². The zero-order valence-electron chi connectivity index (χ0n) is 17.3. The summed E-state index contributed by atoms with van der Waals surface area (Å²) in [7, 11) is 0. The molecule has 0 spiro atoms. The van der Waals surface area contributed by atoms with Crippen LogP contribution in [0.25, 0.3) is 6.08 Å². The molecule has 0 bridgehead atoms. The number of hydrazone groups is 1. The van der Waals surface area contributed by atoms with Crippen molar-refractivity contribution < 1.29 is 9.59 Å². The summed E-state index contributed by atoms with van der Waals surface area (Å²) in [5, 5.41) is 10.8. The lowest BCUT2D eigenvalue weighted by Crippen LogP contribution is -2.45. The van der Waals surface area contributed by atoms with E-state index < -0.39 is 0 Å². The lowest BCUT2D eigenvalue weighted by molar-refractivity contribution is -0.135. The second-order valence-electron chi connectivity index (χ2n) is 8.40. The Morgan fingerprint density at radius 1 is 1.16 bits per heavy atom. The normalized spacial score (nSPS) is 27.5. The number of allylic oxidation sites excluding steroid dienone is 1. The molecule has 0 radical (unpaired) electrons. The van der Waals surface area contributed by atoms with Crippen LogP contribution in [-0.2, 0) is 9.59 Å². The predicted molar refractivity (Wildman–Crippen MR) is 125 cm³/mol. The SMILES string of the molecule is NC(=O)C1CCCN1CC(=O)N1N=C2/C(=C/c3cccs3)CCCC2C1c1cccs1. The highest BCUT2D eigenvalue weighted by molar-refractivity contribution is 7.11. The lowest BCUT2D eigenvalue weighted by Gasteiger charge is -2.30. The van der Waals surface area contributed by atoms with Gasteiger partial charge in [0.05, 0.1) is 24.3 Å². The molecule has 6 nitrogen and oxygen atoms in total. The molecule has 4 heterocycles. The van der Waals surface area contributed by atoms with Crippen LogP contribution in [0.15, 0.2) is 45.7 Å². The predicted octanol–water partition coefficient (Wildman–Crippen LogP) is 3.88. The van der Waals surface area contributed by atoms with E-state index in [0.29, 0.717) is 0 Å². The molecular formula is C23H26N4O2S2. The highest BCUT2D eigenvalue weighted by Gasteiger charge is 2.45. The molecule has 0 aromatic carbocycles. The zero-order valence-corrected chi connectivity index (χ0v) is 18.9. The summed E-state index contributed by atoms with van der Waals surface area (Å²) >= 11 is 3.40. The number of fused-ring (bicyclic) bond motifs is 1. The summed E-state index contributed by atoms with van der Waals surface area (Å²) in [6.45, 7) is 0.906. The Morgan fingerprint density at radius 3 is 2.74 bits per heavy atom. The number of hydrogen-bond donors (Lipinski definition) is 1. The minimum absolute atomic E-state index is 0.0519. The second kappa shape index (κ2) is 8.68. The number of hydrogen-bond acceptors (Lipinski definition) is 6. The van der Waals surface area contributed by atoms with Gasteiger partial charge < -0.3 is 5.73 Å². The maximum absolute atomic E-state index is 13.5. The van der Waals surface area contributed by atoms with E-state index in [1.807, 2.05) is 11.0 Å². The van der Waals surface area contributed by atoms with Crippen LogP contribution in [0.1, 0.15) is 47.9 Å². The van der Waals surface area contributed by atoms with Crippen LogP contribution < -0.4 is 5.73 Å². The maximum atomic E-state index is 13.5. The Morgan fingerprint density at radius 2 is 2.00 bits per heavy atom. The number of carbonyl (C=O) groups is 2. The fourth-order valence-electron chi connectivity index (χ4n) is 5.07. The van der Waals surface area contributed by atoms with Crippen molar-refractivity contribution in [3.05, 3.63) is 50.4 Å². The highest BCUT2D eigenvalue weighted by Crippen LogP contribution is 2.45. The summed E-state index contributed by atoms with van der Waals surface area (Å²) in [4.78, 5) is 29.5. The summed E-state index contributed by atoms with van der Waals surface area (Å²) in [5.74, 6) is -0.181. The van der Waals surface area contributed by atoms with Gasteiger partial charge in [-0.2, -0.15) is 5.10 Å². The standard InChI is InChI=1S/C23H26N4O2S2/c24-23(29)18-8-2-10-26(18)14-20(28)27-22(19-9-4-12-31-19)17-7-1-5-15(21(17)25-27)13-16-6-3-11-30-16/h3-4,6,9,11-13,17-18,22H,1-2,5,7-8,10,14H2,(H2,24,29)/b15-13+. The first-order chi connectivity index (χ1) is 15.1. The average Bonchev–Trinajstić information content (AvgIpc) is 3.53. The van der Waals surface area contributed by atoms with Crippen LogP contribution in [0.5, 0.6) is 0 Å². The fraction of sp³-hybridized carbons (Fsp3) is 0.435. The first kappa shape index (κ1) is 20.6. The van der Waals surface area contributed by atoms with Crippen molar-refractivity contribution in [2.75, 3.05) is 13.1 Å². The van der Waals surface area contributed by atoms with Crippen molar-refractivity contribution in [1.82, 2.24) is 9.91 Å². The van der Waals surface area contributed by atoms with Crippen LogP contribution in [0, 0.1) is 5.92 Å². The summed E-state index contributed by atoms with van der Waals surface area (Å²) in [6, 6.07) is 7.90. The number of primary amides is 1. The summed E-state index contributed by atoms with van der Waals surface area (Å²) in [6.07, 6.45) is 6.96. The van der Waals surface area contributed by atoms with Crippen LogP contribution in [0.2, 0.25) is 0 Å². The van der Waals surface area contributed by atoms with Gasteiger partial charge in [-0.3, -0.25) is 14.5 Å². The molecule has 2 amide bonds. The lowest BCUT2D eigenvalue weighted by atomic mass is 9.79. The van der Waals surface area contributed by atoms with Crippen molar-refractivity contribution >= 4 is 46.3 Å².